The van der Waals surface area contributed by atoms with Gasteiger partial charge in [-0.2, -0.15) is 0 Å². The Balaban J connectivity index is 2.22. The molecular weight excluding hydrogens is 487 g/mol. The van der Waals surface area contributed by atoms with E-state index in [9.17, 15) is 23.9 Å². The highest BCUT2D eigenvalue weighted by molar-refractivity contribution is 5.93. The minimum absolute atomic E-state index is 0.103. The van der Waals surface area contributed by atoms with E-state index in [4.69, 9.17) is 11.5 Å². The molecule has 1 unspecified atom stereocenters. The Hall–Kier alpha value is -3.72. The maximum Gasteiger partial charge on any atom is 0.245 e. The molecule has 0 fully saturated rings. The van der Waals surface area contributed by atoms with Crippen molar-refractivity contribution in [2.24, 2.45) is 11.5 Å². The van der Waals surface area contributed by atoms with Crippen LogP contribution in [-0.4, -0.2) is 52.9 Å². The molecule has 0 aliphatic carbocycles. The van der Waals surface area contributed by atoms with Crippen LogP contribution in [0.15, 0.2) is 55.1 Å². The smallest absolute Gasteiger partial charge is 0.245 e. The van der Waals surface area contributed by atoms with Crippen molar-refractivity contribution in [3.8, 4) is 5.75 Å². The van der Waals surface area contributed by atoms with E-state index in [0.29, 0.717) is 11.1 Å². The van der Waals surface area contributed by atoms with Crippen molar-refractivity contribution < 1.29 is 23.9 Å². The monoisotopic (exact) mass is 526 g/mol. The summed E-state index contributed by atoms with van der Waals surface area (Å²) >= 11 is 0. The van der Waals surface area contributed by atoms with Gasteiger partial charge in [-0.25, -0.2) is 4.39 Å². The highest BCUT2D eigenvalue weighted by Crippen LogP contribution is 2.31. The largest absolute Gasteiger partial charge is 0.508 e. The Bertz CT molecular complexity index is 1160. The number of carbonyl (C=O) groups is 3. The van der Waals surface area contributed by atoms with Crippen molar-refractivity contribution in [3.63, 3.8) is 0 Å². The predicted octanol–water partition coefficient (Wildman–Crippen LogP) is 2.88. The van der Waals surface area contributed by atoms with Gasteiger partial charge in [0.05, 0.1) is 6.04 Å². The van der Waals surface area contributed by atoms with Crippen molar-refractivity contribution in [1.82, 2.24) is 10.2 Å². The molecule has 2 aromatic rings. The number of nitrogens with zero attached hydrogens (tertiary/aromatic N) is 1. The number of likely N-dealkylation sites (N-methyl/N-ethyl adjacent to an activating group) is 1. The van der Waals surface area contributed by atoms with Crippen LogP contribution in [0.1, 0.15) is 56.7 Å². The van der Waals surface area contributed by atoms with Crippen LogP contribution >= 0.6 is 0 Å². The van der Waals surface area contributed by atoms with Gasteiger partial charge in [0.2, 0.25) is 17.7 Å². The molecule has 2 aromatic carbocycles. The molecule has 0 heterocycles. The van der Waals surface area contributed by atoms with E-state index in [0.717, 1.165) is 5.56 Å². The zero-order chi connectivity index (χ0) is 28.8. The van der Waals surface area contributed by atoms with E-state index in [-0.39, 0.29) is 24.0 Å². The molecule has 6 N–H and O–H groups in total. The van der Waals surface area contributed by atoms with Crippen LogP contribution in [0.2, 0.25) is 0 Å². The highest BCUT2D eigenvalue weighted by Gasteiger charge is 2.33. The number of benzene rings is 2. The summed E-state index contributed by atoms with van der Waals surface area (Å²) in [4.78, 5) is 40.0. The Morgan fingerprint density at radius 3 is 2.29 bits per heavy atom. The molecule has 4 atom stereocenters. The van der Waals surface area contributed by atoms with Crippen LogP contribution in [0.3, 0.4) is 0 Å². The van der Waals surface area contributed by atoms with Gasteiger partial charge in [-0.3, -0.25) is 14.4 Å². The quantitative estimate of drug-likeness (QED) is 0.334. The third-order valence-electron chi connectivity index (χ3n) is 6.70. The molecule has 0 aliphatic rings. The van der Waals surface area contributed by atoms with Gasteiger partial charge in [0.25, 0.3) is 0 Å². The van der Waals surface area contributed by atoms with Crippen LogP contribution in [0, 0.1) is 5.82 Å². The normalized spacial score (nSPS) is 14.6. The molecule has 0 aliphatic heterocycles. The average molecular weight is 527 g/mol. The van der Waals surface area contributed by atoms with Gasteiger partial charge >= 0.3 is 0 Å². The molecule has 0 saturated carbocycles. The van der Waals surface area contributed by atoms with Crippen molar-refractivity contribution >= 4 is 17.7 Å². The van der Waals surface area contributed by atoms with E-state index in [2.05, 4.69) is 11.9 Å². The summed E-state index contributed by atoms with van der Waals surface area (Å²) in [6.07, 6.45) is 1.71. The molecule has 9 heteroatoms. The lowest BCUT2D eigenvalue weighted by molar-refractivity contribution is -0.141. The Morgan fingerprint density at radius 2 is 1.76 bits per heavy atom. The molecule has 206 valence electrons. The van der Waals surface area contributed by atoms with Gasteiger partial charge in [0.1, 0.15) is 23.7 Å². The number of carbonyl (C=O) groups excluding carboxylic acids is 3. The lowest BCUT2D eigenvalue weighted by Gasteiger charge is -2.31. The minimum Gasteiger partial charge on any atom is -0.508 e. The van der Waals surface area contributed by atoms with Crippen LogP contribution in [0.5, 0.6) is 5.75 Å². The number of aromatic hydroxyl groups is 1. The minimum atomic E-state index is -1.02. The summed E-state index contributed by atoms with van der Waals surface area (Å²) in [5.41, 5.74) is 13.6. The number of phenolic OH excluding ortho intramolecular Hbond substituents is 1. The fourth-order valence-corrected chi connectivity index (χ4v) is 4.22. The Labute approximate surface area is 223 Å². The molecule has 8 nitrogen and oxygen atoms in total. The lowest BCUT2D eigenvalue weighted by Crippen LogP contribution is -2.56. The summed E-state index contributed by atoms with van der Waals surface area (Å²) < 4.78 is 13.3. The second kappa shape index (κ2) is 12.7. The van der Waals surface area contributed by atoms with Crippen molar-refractivity contribution in [1.29, 1.82) is 0 Å². The zero-order valence-electron chi connectivity index (χ0n) is 22.7. The van der Waals surface area contributed by atoms with Crippen LogP contribution < -0.4 is 16.8 Å². The number of primary amides is 1. The molecule has 0 bridgehead atoms. The second-order valence-electron chi connectivity index (χ2n) is 10.6. The SMILES string of the molecule is C=CC[C@@H](NC(=O)[C@@H](N)C(C)c1ccc(F)cc1)C(=O)N(C)[C@@H](Cc1ccc(O)c(C(C)(C)C)c1)C(N)=O. The van der Waals surface area contributed by atoms with Gasteiger partial charge in [0, 0.05) is 19.4 Å². The predicted molar refractivity (Wildman–Crippen MR) is 146 cm³/mol. The number of hydrogen-bond donors (Lipinski definition) is 4. The molecule has 0 saturated heterocycles. The first-order valence-electron chi connectivity index (χ1n) is 12.5. The number of hydrogen-bond acceptors (Lipinski definition) is 5. The number of nitrogens with two attached hydrogens (primary N) is 2. The van der Waals surface area contributed by atoms with E-state index in [1.54, 1.807) is 37.3 Å². The molecule has 38 heavy (non-hydrogen) atoms. The summed E-state index contributed by atoms with van der Waals surface area (Å²) in [5.74, 6) is -2.52. The fourth-order valence-electron chi connectivity index (χ4n) is 4.22. The maximum absolute atomic E-state index is 13.4. The van der Waals surface area contributed by atoms with Crippen molar-refractivity contribution in [2.75, 3.05) is 7.05 Å². The Morgan fingerprint density at radius 1 is 1.16 bits per heavy atom. The van der Waals surface area contributed by atoms with Gasteiger partial charge < -0.3 is 26.8 Å². The van der Waals surface area contributed by atoms with E-state index < -0.39 is 47.6 Å². The maximum atomic E-state index is 13.4. The van der Waals surface area contributed by atoms with Crippen molar-refractivity contribution in [2.45, 2.75) is 70.0 Å². The first-order chi connectivity index (χ1) is 17.7. The average Bonchev–Trinajstić information content (AvgIpc) is 2.85. The number of nitrogens with one attached hydrogen (secondary N) is 1. The second-order valence-corrected chi connectivity index (χ2v) is 10.6. The van der Waals surface area contributed by atoms with Crippen LogP contribution in [0.25, 0.3) is 0 Å². The van der Waals surface area contributed by atoms with E-state index in [1.165, 1.54) is 30.2 Å². The Kier molecular flexibility index (Phi) is 10.2. The summed E-state index contributed by atoms with van der Waals surface area (Å²) in [7, 11) is 1.45. The van der Waals surface area contributed by atoms with Gasteiger partial charge in [-0.05, 0) is 46.7 Å². The van der Waals surface area contributed by atoms with Gasteiger partial charge in [-0.15, -0.1) is 6.58 Å². The zero-order valence-corrected chi connectivity index (χ0v) is 22.7. The summed E-state index contributed by atoms with van der Waals surface area (Å²) in [5, 5.41) is 12.9. The molecule has 0 spiro atoms. The molecular formula is C29H39FN4O4. The van der Waals surface area contributed by atoms with Crippen LogP contribution in [0.4, 0.5) is 4.39 Å². The molecule has 3 amide bonds. The van der Waals surface area contributed by atoms with Crippen LogP contribution in [-0.2, 0) is 26.2 Å². The molecule has 2 rings (SSSR count). The molecule has 0 radical (unpaired) electrons. The molecule has 0 aromatic heterocycles. The third kappa shape index (κ3) is 7.64. The first-order valence-corrected chi connectivity index (χ1v) is 12.5. The number of amides is 3. The van der Waals surface area contributed by atoms with E-state index >= 15 is 0 Å². The lowest BCUT2D eigenvalue weighted by atomic mass is 9.84. The summed E-state index contributed by atoms with van der Waals surface area (Å²) in [6, 6.07) is 7.68. The summed E-state index contributed by atoms with van der Waals surface area (Å²) in [6.45, 7) is 11.3. The van der Waals surface area contributed by atoms with Gasteiger partial charge in [0.15, 0.2) is 0 Å². The highest BCUT2D eigenvalue weighted by atomic mass is 19.1. The topological polar surface area (TPSA) is 139 Å². The fraction of sp³-hybridized carbons (Fsp3) is 0.414. The van der Waals surface area contributed by atoms with E-state index in [1.807, 2.05) is 20.8 Å². The van der Waals surface area contributed by atoms with Gasteiger partial charge in [-0.1, -0.05) is 58.0 Å². The third-order valence-corrected chi connectivity index (χ3v) is 6.70. The number of phenols is 1. The first kappa shape index (κ1) is 30.5. The number of halogens is 1. The standard InChI is InChI=1S/C29H39FN4O4/c1-7-8-22(33-27(37)25(31)17(2)19-10-12-20(30)13-11-19)28(38)34(6)23(26(32)36)16-18-9-14-24(35)21(15-18)29(3,4)5/h7,9-15,17,22-23,25,35H,1,8,16,31H2,2-6H3,(H2,32,36)(H,33,37)/t17?,22-,23+,25+/m1/s1. The number of rotatable bonds is 11. The van der Waals surface area contributed by atoms with Crippen molar-refractivity contribution in [3.05, 3.63) is 77.6 Å².